The first-order valence-corrected chi connectivity index (χ1v) is 15.8. The predicted octanol–water partition coefficient (Wildman–Crippen LogP) is 5.63. The normalized spacial score (nSPS) is 13.7. The molecule has 5 aromatic rings. The van der Waals surface area contributed by atoms with Crippen molar-refractivity contribution in [2.24, 2.45) is 0 Å². The summed E-state index contributed by atoms with van der Waals surface area (Å²) in [5.41, 5.74) is 3.44. The Morgan fingerprint density at radius 2 is 1.64 bits per heavy atom. The van der Waals surface area contributed by atoms with Gasteiger partial charge in [-0.3, -0.25) is 4.79 Å². The molecule has 1 N–H and O–H groups in total. The van der Waals surface area contributed by atoms with Crippen molar-refractivity contribution in [1.82, 2.24) is 19.1 Å². The van der Waals surface area contributed by atoms with E-state index >= 15 is 0 Å². The molecule has 0 bridgehead atoms. The first-order chi connectivity index (χ1) is 21.2. The number of carbonyl (C=O) groups is 2. The Morgan fingerprint density at radius 3 is 2.34 bits per heavy atom. The number of pyridine rings is 1. The number of ether oxygens (including phenoxy) is 1. The standard InChI is InChI=1S/C32H28ClN5O5S/c1-21-30-25(19-27(22-10-4-2-5-11-22)35-31(30)38(36-21)23-12-6-3-7-13-23)32(40)43-20-29(39)34-28-18-24(14-15-26(28)33)44(41,42)37-16-8-9-17-37/h2-7,10-15,18-19H,8-9,16-17,20H2,1H3,(H,34,39). The Kier molecular flexibility index (Phi) is 8.17. The number of sulfonamides is 1. The number of rotatable bonds is 8. The Balaban J connectivity index is 1.27. The van der Waals surface area contributed by atoms with Crippen LogP contribution in [0.3, 0.4) is 0 Å². The van der Waals surface area contributed by atoms with Crippen molar-refractivity contribution >= 4 is 50.2 Å². The lowest BCUT2D eigenvalue weighted by Crippen LogP contribution is -2.28. The average molecular weight is 630 g/mol. The van der Waals surface area contributed by atoms with Crippen molar-refractivity contribution in [1.29, 1.82) is 0 Å². The molecule has 6 rings (SSSR count). The number of anilines is 1. The van der Waals surface area contributed by atoms with E-state index in [1.54, 1.807) is 17.7 Å². The maximum Gasteiger partial charge on any atom is 0.339 e. The molecule has 0 spiro atoms. The fraction of sp³-hybridized carbons (Fsp3) is 0.188. The quantitative estimate of drug-likeness (QED) is 0.221. The van der Waals surface area contributed by atoms with Gasteiger partial charge in [0.1, 0.15) is 0 Å². The number of carbonyl (C=O) groups excluding carboxylic acids is 2. The molecule has 3 aromatic carbocycles. The summed E-state index contributed by atoms with van der Waals surface area (Å²) in [4.78, 5) is 31.3. The highest BCUT2D eigenvalue weighted by molar-refractivity contribution is 7.89. The number of aromatic nitrogens is 3. The molecule has 0 unspecified atom stereocenters. The van der Waals surface area contributed by atoms with Crippen LogP contribution in [0.4, 0.5) is 5.69 Å². The minimum atomic E-state index is -3.72. The fourth-order valence-corrected chi connectivity index (χ4v) is 6.90. The van der Waals surface area contributed by atoms with Gasteiger partial charge in [-0.15, -0.1) is 0 Å². The molecule has 2 aromatic heterocycles. The van der Waals surface area contributed by atoms with Gasteiger partial charge in [0.15, 0.2) is 12.3 Å². The highest BCUT2D eigenvalue weighted by atomic mass is 35.5. The molecule has 0 atom stereocenters. The second-order valence-corrected chi connectivity index (χ2v) is 12.7. The second kappa shape index (κ2) is 12.2. The summed E-state index contributed by atoms with van der Waals surface area (Å²) in [7, 11) is -3.72. The number of esters is 1. The number of benzene rings is 3. The number of halogens is 1. The third kappa shape index (κ3) is 5.81. The van der Waals surface area contributed by atoms with E-state index in [2.05, 4.69) is 10.4 Å². The highest BCUT2D eigenvalue weighted by Crippen LogP contribution is 2.30. The molecule has 10 nitrogen and oxygen atoms in total. The van der Waals surface area contributed by atoms with Gasteiger partial charge >= 0.3 is 5.97 Å². The van der Waals surface area contributed by atoms with Crippen molar-refractivity contribution in [2.75, 3.05) is 25.0 Å². The summed E-state index contributed by atoms with van der Waals surface area (Å²) in [5.74, 6) is -1.42. The molecule has 12 heteroatoms. The largest absolute Gasteiger partial charge is 0.452 e. The fourth-order valence-electron chi connectivity index (χ4n) is 5.19. The number of amides is 1. The van der Waals surface area contributed by atoms with Crippen LogP contribution < -0.4 is 5.32 Å². The molecule has 0 saturated carbocycles. The summed E-state index contributed by atoms with van der Waals surface area (Å²) in [6.45, 7) is 2.04. The lowest BCUT2D eigenvalue weighted by atomic mass is 10.1. The van der Waals surface area contributed by atoms with Gasteiger partial charge in [0.2, 0.25) is 10.0 Å². The average Bonchev–Trinajstić information content (AvgIpc) is 3.71. The van der Waals surface area contributed by atoms with E-state index in [0.717, 1.165) is 24.1 Å². The summed E-state index contributed by atoms with van der Waals surface area (Å²) in [5, 5.41) is 7.88. The maximum atomic E-state index is 13.5. The van der Waals surface area contributed by atoms with Gasteiger partial charge in [-0.25, -0.2) is 22.9 Å². The Morgan fingerprint density at radius 1 is 0.955 bits per heavy atom. The van der Waals surface area contributed by atoms with Gasteiger partial charge in [0, 0.05) is 18.7 Å². The number of fused-ring (bicyclic) bond motifs is 1. The third-order valence-electron chi connectivity index (χ3n) is 7.35. The van der Waals surface area contributed by atoms with Gasteiger partial charge in [-0.1, -0.05) is 60.1 Å². The molecule has 1 aliphatic rings. The van der Waals surface area contributed by atoms with Crippen LogP contribution in [0.1, 0.15) is 28.9 Å². The molecule has 1 aliphatic heterocycles. The summed E-state index contributed by atoms with van der Waals surface area (Å²) in [6, 6.07) is 24.6. The Hall–Kier alpha value is -4.58. The van der Waals surface area contributed by atoms with Gasteiger partial charge in [0.25, 0.3) is 5.91 Å². The first-order valence-electron chi connectivity index (χ1n) is 14.0. The van der Waals surface area contributed by atoms with Crippen molar-refractivity contribution in [3.63, 3.8) is 0 Å². The summed E-state index contributed by atoms with van der Waals surface area (Å²) >= 11 is 6.27. The van der Waals surface area contributed by atoms with Crippen LogP contribution in [-0.2, 0) is 19.6 Å². The molecule has 1 saturated heterocycles. The Labute approximate surface area is 259 Å². The van der Waals surface area contributed by atoms with Crippen LogP contribution in [0, 0.1) is 6.92 Å². The smallest absolute Gasteiger partial charge is 0.339 e. The molecular formula is C32H28ClN5O5S. The molecule has 1 fully saturated rings. The zero-order valence-electron chi connectivity index (χ0n) is 23.7. The summed E-state index contributed by atoms with van der Waals surface area (Å²) in [6.07, 6.45) is 1.59. The molecule has 224 valence electrons. The van der Waals surface area contributed by atoms with Gasteiger partial charge in [0.05, 0.1) is 43.6 Å². The molecule has 1 amide bonds. The van der Waals surface area contributed by atoms with E-state index in [1.165, 1.54) is 22.5 Å². The number of hydrogen-bond acceptors (Lipinski definition) is 7. The topological polar surface area (TPSA) is 123 Å². The lowest BCUT2D eigenvalue weighted by molar-refractivity contribution is -0.119. The van der Waals surface area contributed by atoms with Crippen LogP contribution in [-0.4, -0.2) is 59.1 Å². The first kappa shape index (κ1) is 29.5. The zero-order valence-corrected chi connectivity index (χ0v) is 25.3. The number of aryl methyl sites for hydroxylation is 1. The van der Waals surface area contributed by atoms with Crippen LogP contribution in [0.5, 0.6) is 0 Å². The molecule has 0 radical (unpaired) electrons. The number of nitrogens with one attached hydrogen (secondary N) is 1. The second-order valence-electron chi connectivity index (χ2n) is 10.3. The van der Waals surface area contributed by atoms with E-state index in [9.17, 15) is 18.0 Å². The SMILES string of the molecule is Cc1nn(-c2ccccc2)c2nc(-c3ccccc3)cc(C(=O)OCC(=O)Nc3cc(S(=O)(=O)N4CCCC4)ccc3Cl)c12. The van der Waals surface area contributed by atoms with E-state index in [1.807, 2.05) is 60.7 Å². The minimum absolute atomic E-state index is 0.0228. The molecular weight excluding hydrogens is 602 g/mol. The molecule has 3 heterocycles. The Bertz CT molecular complexity index is 1980. The zero-order chi connectivity index (χ0) is 30.8. The van der Waals surface area contributed by atoms with E-state index in [4.69, 9.17) is 21.3 Å². The van der Waals surface area contributed by atoms with Crippen LogP contribution >= 0.6 is 11.6 Å². The monoisotopic (exact) mass is 629 g/mol. The van der Waals surface area contributed by atoms with Crippen LogP contribution in [0.15, 0.2) is 89.8 Å². The van der Waals surface area contributed by atoms with E-state index < -0.39 is 28.5 Å². The number of nitrogens with zero attached hydrogens (tertiary/aromatic N) is 4. The van der Waals surface area contributed by atoms with Gasteiger partial charge < -0.3 is 10.1 Å². The minimum Gasteiger partial charge on any atom is -0.452 e. The van der Waals surface area contributed by atoms with Crippen molar-refractivity contribution in [3.05, 3.63) is 101 Å². The van der Waals surface area contributed by atoms with E-state index in [-0.39, 0.29) is 21.2 Å². The number of hydrogen-bond donors (Lipinski definition) is 1. The van der Waals surface area contributed by atoms with E-state index in [0.29, 0.717) is 35.5 Å². The third-order valence-corrected chi connectivity index (χ3v) is 9.58. The molecule has 0 aliphatic carbocycles. The number of para-hydroxylation sites is 1. The maximum absolute atomic E-state index is 13.5. The van der Waals surface area contributed by atoms with Crippen LogP contribution in [0.25, 0.3) is 28.0 Å². The van der Waals surface area contributed by atoms with Gasteiger partial charge in [-0.2, -0.15) is 9.40 Å². The summed E-state index contributed by atoms with van der Waals surface area (Å²) < 4.78 is 34.5. The van der Waals surface area contributed by atoms with Crippen molar-refractivity contribution < 1.29 is 22.7 Å². The lowest BCUT2D eigenvalue weighted by Gasteiger charge is -2.17. The predicted molar refractivity (Wildman–Crippen MR) is 167 cm³/mol. The van der Waals surface area contributed by atoms with Gasteiger partial charge in [-0.05, 0) is 56.2 Å². The van der Waals surface area contributed by atoms with Crippen molar-refractivity contribution in [2.45, 2.75) is 24.7 Å². The van der Waals surface area contributed by atoms with Crippen LogP contribution in [0.2, 0.25) is 5.02 Å². The molecule has 44 heavy (non-hydrogen) atoms. The van der Waals surface area contributed by atoms with Crippen molar-refractivity contribution in [3.8, 4) is 16.9 Å². The highest BCUT2D eigenvalue weighted by Gasteiger charge is 2.28.